The molecule has 84 valence electrons. The molecule has 1 aromatic rings. The molecule has 0 aliphatic carbocycles. The zero-order valence-electron chi connectivity index (χ0n) is 8.39. The first-order chi connectivity index (χ1) is 6.79. The number of nitrogens with one attached hydrogen (secondary N) is 1. The maximum absolute atomic E-state index is 11.2. The third-order valence-electron chi connectivity index (χ3n) is 2.22. The van der Waals surface area contributed by atoms with E-state index in [-0.39, 0.29) is 18.2 Å². The molecule has 2 heterocycles. The number of halogens is 1. The number of hydrogen-bond acceptors (Lipinski definition) is 6. The number of Topliss-reactive ketones (excluding diaryl/α,β-unsaturated/α-hetero) is 1. The molecule has 0 bridgehead atoms. The van der Waals surface area contributed by atoms with Crippen LogP contribution in [0.5, 0.6) is 0 Å². The fourth-order valence-electron chi connectivity index (χ4n) is 1.49. The highest BCUT2D eigenvalue weighted by Gasteiger charge is 2.20. The third-order valence-corrected chi connectivity index (χ3v) is 2.74. The second-order valence-corrected chi connectivity index (χ2v) is 3.76. The van der Waals surface area contributed by atoms with E-state index in [0.29, 0.717) is 5.69 Å². The first-order valence-electron chi connectivity index (χ1n) is 4.58. The van der Waals surface area contributed by atoms with Crippen molar-refractivity contribution in [1.29, 1.82) is 0 Å². The molecule has 1 fully saturated rings. The van der Waals surface area contributed by atoms with Crippen LogP contribution in [0.2, 0.25) is 0 Å². The molecule has 0 atom stereocenters. The summed E-state index contributed by atoms with van der Waals surface area (Å²) in [4.78, 5) is 13.3. The molecule has 7 heteroatoms. The molecule has 0 aromatic carbocycles. The number of anilines is 1. The molecule has 2 rings (SSSR count). The monoisotopic (exact) mass is 248 g/mol. The minimum atomic E-state index is -0.00715. The van der Waals surface area contributed by atoms with E-state index in [2.05, 4.69) is 19.0 Å². The number of carbonyl (C=O) groups is 1. The van der Waals surface area contributed by atoms with E-state index in [1.807, 2.05) is 0 Å². The fraction of sp³-hybridized carbons (Fsp3) is 0.625. The molecule has 1 N–H and O–H groups in total. The maximum Gasteiger partial charge on any atom is 0.183 e. The van der Waals surface area contributed by atoms with E-state index in [0.717, 1.165) is 43.7 Å². The molecule has 1 aliphatic heterocycles. The summed E-state index contributed by atoms with van der Waals surface area (Å²) in [6.45, 7) is 5.20. The molecule has 5 nitrogen and oxygen atoms in total. The Kier molecular flexibility index (Phi) is 4.44. The van der Waals surface area contributed by atoms with Gasteiger partial charge in [0.1, 0.15) is 0 Å². The zero-order chi connectivity index (χ0) is 9.97. The Morgan fingerprint density at radius 1 is 1.40 bits per heavy atom. The second-order valence-electron chi connectivity index (χ2n) is 3.23. The molecular weight excluding hydrogens is 236 g/mol. The Balaban J connectivity index is 0.00000112. The van der Waals surface area contributed by atoms with Crippen molar-refractivity contribution in [3.63, 3.8) is 0 Å². The summed E-state index contributed by atoms with van der Waals surface area (Å²) < 4.78 is 8.18. The van der Waals surface area contributed by atoms with E-state index < -0.39 is 0 Å². The number of ketones is 1. The van der Waals surface area contributed by atoms with Crippen LogP contribution in [0, 0.1) is 0 Å². The number of carbonyl (C=O) groups excluding carboxylic acids is 1. The van der Waals surface area contributed by atoms with Crippen LogP contribution < -0.4 is 10.2 Å². The molecule has 0 saturated carbocycles. The van der Waals surface area contributed by atoms with Crippen molar-refractivity contribution in [2.24, 2.45) is 0 Å². The first kappa shape index (κ1) is 12.4. The van der Waals surface area contributed by atoms with Crippen LogP contribution in [0.1, 0.15) is 17.4 Å². The van der Waals surface area contributed by atoms with E-state index >= 15 is 0 Å². The van der Waals surface area contributed by atoms with E-state index in [1.165, 1.54) is 6.92 Å². The van der Waals surface area contributed by atoms with Crippen molar-refractivity contribution < 1.29 is 4.79 Å². The van der Waals surface area contributed by atoms with Gasteiger partial charge in [-0.25, -0.2) is 0 Å². The van der Waals surface area contributed by atoms with Gasteiger partial charge in [-0.2, -0.15) is 8.75 Å². The summed E-state index contributed by atoms with van der Waals surface area (Å²) in [5.74, 6) is 0.747. The smallest absolute Gasteiger partial charge is 0.183 e. The second kappa shape index (κ2) is 5.39. The lowest BCUT2D eigenvalue weighted by Crippen LogP contribution is -2.44. The third kappa shape index (κ3) is 2.64. The van der Waals surface area contributed by atoms with Crippen molar-refractivity contribution in [1.82, 2.24) is 14.1 Å². The molecule has 0 radical (unpaired) electrons. The largest absolute Gasteiger partial charge is 0.351 e. The van der Waals surface area contributed by atoms with Crippen LogP contribution in [0.15, 0.2) is 0 Å². The molecule has 1 aliphatic rings. The summed E-state index contributed by atoms with van der Waals surface area (Å²) in [6, 6.07) is 0. The summed E-state index contributed by atoms with van der Waals surface area (Å²) in [5, 5.41) is 3.25. The standard InChI is InChI=1S/C8H12N4OS.ClH/c1-6(13)7-8(11-14-10-7)12-4-2-9-3-5-12;/h9H,2-5H2,1H3;1H. The Morgan fingerprint density at radius 2 is 2.07 bits per heavy atom. The van der Waals surface area contributed by atoms with Crippen molar-refractivity contribution in [3.8, 4) is 0 Å². The van der Waals surface area contributed by atoms with Crippen LogP contribution in [-0.4, -0.2) is 40.7 Å². The lowest BCUT2D eigenvalue weighted by Gasteiger charge is -2.27. The van der Waals surface area contributed by atoms with Gasteiger partial charge in [0.25, 0.3) is 0 Å². The van der Waals surface area contributed by atoms with Gasteiger partial charge in [0.2, 0.25) is 0 Å². The van der Waals surface area contributed by atoms with Crippen molar-refractivity contribution >= 4 is 35.7 Å². The van der Waals surface area contributed by atoms with Crippen LogP contribution >= 0.6 is 24.1 Å². The predicted octanol–water partition coefficient (Wildman–Crippen LogP) is 0.572. The average molecular weight is 249 g/mol. The molecule has 0 unspecified atom stereocenters. The predicted molar refractivity (Wildman–Crippen MR) is 62.2 cm³/mol. The lowest BCUT2D eigenvalue weighted by molar-refractivity contribution is 0.101. The van der Waals surface area contributed by atoms with E-state index in [4.69, 9.17) is 0 Å². The molecule has 15 heavy (non-hydrogen) atoms. The van der Waals surface area contributed by atoms with Gasteiger partial charge in [-0.05, 0) is 0 Å². The minimum Gasteiger partial charge on any atom is -0.351 e. The minimum absolute atomic E-state index is 0. The average Bonchev–Trinajstić information content (AvgIpc) is 2.67. The van der Waals surface area contributed by atoms with Crippen molar-refractivity contribution in [2.45, 2.75) is 6.92 Å². The SMILES string of the molecule is CC(=O)c1nsnc1N1CCNCC1.Cl. The highest BCUT2D eigenvalue weighted by molar-refractivity contribution is 6.99. The van der Waals surface area contributed by atoms with Crippen LogP contribution in [0.3, 0.4) is 0 Å². The number of piperazine rings is 1. The van der Waals surface area contributed by atoms with Gasteiger partial charge >= 0.3 is 0 Å². The molecule has 0 amide bonds. The van der Waals surface area contributed by atoms with Gasteiger partial charge in [-0.3, -0.25) is 4.79 Å². The van der Waals surface area contributed by atoms with Gasteiger partial charge in [0, 0.05) is 33.1 Å². The van der Waals surface area contributed by atoms with E-state index in [9.17, 15) is 4.79 Å². The molecule has 1 saturated heterocycles. The normalized spacial score (nSPS) is 15.9. The summed E-state index contributed by atoms with van der Waals surface area (Å²) in [5.41, 5.74) is 0.511. The van der Waals surface area contributed by atoms with E-state index in [1.54, 1.807) is 0 Å². The fourth-order valence-corrected chi connectivity index (χ4v) is 2.10. The van der Waals surface area contributed by atoms with Gasteiger partial charge in [0.15, 0.2) is 17.3 Å². The van der Waals surface area contributed by atoms with Gasteiger partial charge in [-0.1, -0.05) is 0 Å². The summed E-state index contributed by atoms with van der Waals surface area (Å²) in [6.07, 6.45) is 0. The topological polar surface area (TPSA) is 58.1 Å². The molecule has 1 aromatic heterocycles. The Morgan fingerprint density at radius 3 is 2.67 bits per heavy atom. The van der Waals surface area contributed by atoms with Gasteiger partial charge in [-0.15, -0.1) is 12.4 Å². The lowest BCUT2D eigenvalue weighted by atomic mass is 10.3. The molecule has 0 spiro atoms. The number of rotatable bonds is 2. The Labute approximate surface area is 98.6 Å². The van der Waals surface area contributed by atoms with Crippen molar-refractivity contribution in [3.05, 3.63) is 5.69 Å². The highest BCUT2D eigenvalue weighted by Crippen LogP contribution is 2.18. The number of hydrogen-bond donors (Lipinski definition) is 1. The first-order valence-corrected chi connectivity index (χ1v) is 5.31. The van der Waals surface area contributed by atoms with Gasteiger partial charge < -0.3 is 10.2 Å². The Hall–Kier alpha value is -0.720. The quantitative estimate of drug-likeness (QED) is 0.776. The summed E-state index contributed by atoms with van der Waals surface area (Å²) >= 11 is 1.11. The number of nitrogens with zero attached hydrogens (tertiary/aromatic N) is 3. The number of aromatic nitrogens is 2. The van der Waals surface area contributed by atoms with Crippen molar-refractivity contribution in [2.75, 3.05) is 31.1 Å². The van der Waals surface area contributed by atoms with Crippen LogP contribution in [0.25, 0.3) is 0 Å². The van der Waals surface area contributed by atoms with Crippen LogP contribution in [0.4, 0.5) is 5.82 Å². The zero-order valence-corrected chi connectivity index (χ0v) is 10.0. The molecular formula is C8H13ClN4OS. The maximum atomic E-state index is 11.2. The van der Waals surface area contributed by atoms with Gasteiger partial charge in [0.05, 0.1) is 11.7 Å². The summed E-state index contributed by atoms with van der Waals surface area (Å²) in [7, 11) is 0. The van der Waals surface area contributed by atoms with Crippen LogP contribution in [-0.2, 0) is 0 Å². The Bertz CT molecular complexity index is 337. The highest BCUT2D eigenvalue weighted by atomic mass is 35.5.